The topological polar surface area (TPSA) is 390 Å². The van der Waals surface area contributed by atoms with Crippen molar-refractivity contribution in [1.82, 2.24) is 59.7 Å². The lowest BCUT2D eigenvalue weighted by Gasteiger charge is -2.27. The minimum absolute atomic E-state index is 0. The second-order valence-corrected chi connectivity index (χ2v) is 29.9. The maximum atomic E-state index is 14.3. The molecule has 3 aromatic carbocycles. The van der Waals surface area contributed by atoms with E-state index in [1.165, 1.54) is 70.1 Å². The number of phenols is 1. The molecule has 0 radical (unpaired) electrons. The van der Waals surface area contributed by atoms with Crippen LogP contribution in [0.15, 0.2) is 110 Å². The van der Waals surface area contributed by atoms with Crippen molar-refractivity contribution in [2.75, 3.05) is 29.2 Å². The highest BCUT2D eigenvalue weighted by molar-refractivity contribution is 6.00. The van der Waals surface area contributed by atoms with Gasteiger partial charge in [0.15, 0.2) is 16.9 Å². The summed E-state index contributed by atoms with van der Waals surface area (Å²) < 4.78 is 79.3. The standard InChI is InChI=1S/C27H34FN5O5.C20H20FN5O2.C17H17FN4O3.C10H19NO3.C5H11NO.CH3/c1-6-36-25(34)19-15-29-33-13-12-23(32-24(19)33)30-16(2)18-14-17(28)10-11-21(18)37-22-9-7-8-20(22)31-26(35)38-27(3,4)5;1-11-13-9-12(21)5-6-16(13)28-17-4-2-3-15(17)24-20(27)14-10-22-26-8-7-18(23-11)25-19(14)26;1-3-25-17(24)13-9-19-22-7-6-15(21-16(13)22)20-10(2)12-8-11(18)4-5-14(12)23;1-10(2,3)14-9(13)11-7-5-4-6-8(7)12;6-4-2-1-3-5(4)7;/h10-16,20,22H,6-9H2,1-5H3,(H,30,32)(H,31,35);5-11,15,17H,2-4H2,1H3,(H,23,25)(H,24,27);4-10,23H,3H2,1-2H3,(H,20,21);7-8,12H,4-6H2,1-3H3,(H,11,13);4-5,7H,1-3,6H2;1H3/q;;;;;-1/t16-,20+,22-;11-,15+,17-;10-;7-,8-;4-,5-;/m11100./s1. The van der Waals surface area contributed by atoms with Gasteiger partial charge < -0.3 is 88.8 Å². The van der Waals surface area contributed by atoms with E-state index in [0.717, 1.165) is 77.0 Å². The molecule has 0 saturated heterocycles. The quantitative estimate of drug-likeness (QED) is 0.0275. The molecule has 11 N–H and O–H groups in total. The van der Waals surface area contributed by atoms with Crippen LogP contribution in [-0.2, 0) is 18.9 Å². The number of ether oxygens (including phenoxy) is 6. The number of alkyl carbamates (subject to hydrolysis) is 2. The number of nitrogens with one attached hydrogen (secondary N) is 6. The number of hydrogen-bond donors (Lipinski definition) is 10. The first-order valence-electron chi connectivity index (χ1n) is 37.8. The van der Waals surface area contributed by atoms with Crippen LogP contribution in [0.25, 0.3) is 16.9 Å². The number of carbonyl (C=O) groups is 5. The lowest BCUT2D eigenvalue weighted by Crippen LogP contribution is -2.44. The Balaban J connectivity index is 0.000000174. The Bertz CT molecular complexity index is 4730. The molecule has 1 aliphatic heterocycles. The van der Waals surface area contributed by atoms with E-state index in [1.54, 1.807) is 74.2 Å². The first kappa shape index (κ1) is 85.9. The van der Waals surface area contributed by atoms with Gasteiger partial charge in [0.25, 0.3) is 5.91 Å². The largest absolute Gasteiger partial charge is 0.508 e. The molecule has 610 valence electrons. The van der Waals surface area contributed by atoms with E-state index in [9.17, 15) is 47.4 Å². The van der Waals surface area contributed by atoms with Gasteiger partial charge in [0.05, 0.1) is 80.3 Å². The van der Waals surface area contributed by atoms with E-state index in [-0.39, 0.29) is 97.8 Å². The summed E-state index contributed by atoms with van der Waals surface area (Å²) >= 11 is 0. The van der Waals surface area contributed by atoms with Crippen molar-refractivity contribution in [3.05, 3.63) is 168 Å². The Labute approximate surface area is 653 Å². The van der Waals surface area contributed by atoms with Gasteiger partial charge in [-0.25, -0.2) is 60.8 Å². The summed E-state index contributed by atoms with van der Waals surface area (Å²) in [6.45, 7) is 20.4. The van der Waals surface area contributed by atoms with Gasteiger partial charge in [-0.1, -0.05) is 0 Å². The molecular formula is C80H104F3N16O14-. The van der Waals surface area contributed by atoms with E-state index in [1.807, 2.05) is 55.4 Å². The number of anilines is 3. The third-order valence-electron chi connectivity index (χ3n) is 19.0. The van der Waals surface area contributed by atoms with Crippen LogP contribution in [0.1, 0.15) is 219 Å². The van der Waals surface area contributed by atoms with Crippen LogP contribution in [0, 0.1) is 24.9 Å². The van der Waals surface area contributed by atoms with Crippen molar-refractivity contribution >= 4 is 64.4 Å². The molecule has 11 atom stereocenters. The molecule has 3 amide bonds. The molecule has 0 spiro atoms. The number of carbonyl (C=O) groups excluding carboxylic acids is 5. The first-order valence-corrected chi connectivity index (χ1v) is 37.8. The number of benzene rings is 3. The van der Waals surface area contributed by atoms with E-state index < -0.39 is 65.1 Å². The predicted molar refractivity (Wildman–Crippen MR) is 416 cm³/mol. The molecule has 30 nitrogen and oxygen atoms in total. The third kappa shape index (κ3) is 23.3. The van der Waals surface area contributed by atoms with Crippen molar-refractivity contribution in [2.45, 2.75) is 231 Å². The maximum absolute atomic E-state index is 14.3. The number of aliphatic hydroxyl groups is 2. The predicted octanol–water partition coefficient (Wildman–Crippen LogP) is 12.8. The van der Waals surface area contributed by atoms with Crippen LogP contribution in [0.3, 0.4) is 0 Å². The fourth-order valence-electron chi connectivity index (χ4n) is 13.4. The monoisotopic (exact) mass is 1570 g/mol. The number of aromatic nitrogens is 9. The van der Waals surface area contributed by atoms with Gasteiger partial charge in [0.2, 0.25) is 0 Å². The summed E-state index contributed by atoms with van der Waals surface area (Å²) in [5, 5.41) is 58.9. The zero-order chi connectivity index (χ0) is 80.7. The second-order valence-electron chi connectivity index (χ2n) is 29.9. The van der Waals surface area contributed by atoms with E-state index in [0.29, 0.717) is 68.1 Å². The van der Waals surface area contributed by atoms with E-state index in [4.69, 9.17) is 39.3 Å². The number of phenolic OH excluding ortho intramolecular Hbond substituents is 1. The SMILES string of the molecule is CC(C)(C)OC(=O)N[C@H]1CCC[C@@H]1O.CCOC(=O)c1cnn2ccc(N[C@H](C)c3cc(F)ccc3O)nc12.CCOC(=O)c1cnn2ccc(N[C@H](C)c3cc(F)ccc3O[C@@H]3CCC[C@@H]3NC(=O)OC(C)(C)C)nc12.C[C@H]1Nc2ccn3ncc(c3n2)C(=O)N[C@H]2CCC[C@H]2Oc2ccc(F)cc21.N[C@H]1CCC[C@@H]1O.[CH3-]. The maximum Gasteiger partial charge on any atom is 0.408 e. The van der Waals surface area contributed by atoms with Crippen LogP contribution in [-0.4, -0.2) is 162 Å². The Morgan fingerprint density at radius 1 is 0.619 bits per heavy atom. The molecule has 33 heteroatoms. The third-order valence-corrected chi connectivity index (χ3v) is 19.0. The minimum atomic E-state index is -0.602. The van der Waals surface area contributed by atoms with Crippen LogP contribution in [0.2, 0.25) is 0 Å². The molecule has 5 aliphatic rings. The summed E-state index contributed by atoms with van der Waals surface area (Å²) in [5.41, 5.74) is 8.16. The van der Waals surface area contributed by atoms with Gasteiger partial charge in [-0.15, -0.1) is 0 Å². The van der Waals surface area contributed by atoms with Crippen LogP contribution in [0.4, 0.5) is 40.2 Å². The molecular weight excluding hydrogens is 1470 g/mol. The first-order chi connectivity index (χ1) is 53.3. The van der Waals surface area contributed by atoms with Crippen molar-refractivity contribution in [3.8, 4) is 17.2 Å². The number of aliphatic hydroxyl groups excluding tert-OH is 2. The number of rotatable bonds is 14. The number of aromatic hydroxyl groups is 1. The molecule has 7 heterocycles. The highest BCUT2D eigenvalue weighted by atomic mass is 19.1. The Morgan fingerprint density at radius 2 is 1.13 bits per heavy atom. The van der Waals surface area contributed by atoms with Gasteiger partial charge in [-0.05, 0) is 226 Å². The van der Waals surface area contributed by atoms with Gasteiger partial charge in [-0.3, -0.25) is 4.79 Å². The van der Waals surface area contributed by atoms with Gasteiger partial charge >= 0.3 is 24.1 Å². The fourth-order valence-corrected chi connectivity index (χ4v) is 13.4. The smallest absolute Gasteiger partial charge is 0.408 e. The minimum Gasteiger partial charge on any atom is -0.508 e. The lowest BCUT2D eigenvalue weighted by molar-refractivity contribution is 0.0444. The Kier molecular flexibility index (Phi) is 29.2. The molecule has 4 saturated carbocycles. The van der Waals surface area contributed by atoms with Gasteiger partial charge in [-0.2, -0.15) is 15.3 Å². The van der Waals surface area contributed by atoms with Crippen molar-refractivity contribution in [1.29, 1.82) is 0 Å². The van der Waals surface area contributed by atoms with Gasteiger partial charge in [0, 0.05) is 41.3 Å². The summed E-state index contributed by atoms with van der Waals surface area (Å²) in [5.74, 6) is 0.220. The molecule has 4 aliphatic carbocycles. The number of nitrogens with zero attached hydrogens (tertiary/aromatic N) is 9. The highest BCUT2D eigenvalue weighted by Gasteiger charge is 2.36. The van der Waals surface area contributed by atoms with Crippen molar-refractivity contribution in [3.63, 3.8) is 0 Å². The van der Waals surface area contributed by atoms with Crippen LogP contribution >= 0.6 is 0 Å². The fraction of sp³-hybridized carbons (Fsp3) is 0.475. The zero-order valence-electron chi connectivity index (χ0n) is 65.7. The van der Waals surface area contributed by atoms with Crippen LogP contribution < -0.4 is 47.1 Å². The van der Waals surface area contributed by atoms with Crippen molar-refractivity contribution < 1.29 is 80.9 Å². The summed E-state index contributed by atoms with van der Waals surface area (Å²) in [6, 6.07) is 16.3. The molecule has 9 aromatic rings. The Morgan fingerprint density at radius 3 is 1.70 bits per heavy atom. The summed E-state index contributed by atoms with van der Waals surface area (Å²) in [7, 11) is 0. The number of amides is 3. The second kappa shape index (κ2) is 38.4. The molecule has 6 aromatic heterocycles. The van der Waals surface area contributed by atoms with Gasteiger partial charge in [0.1, 0.15) is 92.3 Å². The van der Waals surface area contributed by atoms with E-state index >= 15 is 0 Å². The van der Waals surface area contributed by atoms with Crippen molar-refractivity contribution in [2.24, 2.45) is 5.73 Å². The number of fused-ring (bicyclic) bond motifs is 5. The molecule has 0 unspecified atom stereocenters. The normalized spacial score (nSPS) is 20.8. The lowest BCUT2D eigenvalue weighted by atomic mass is 10.1. The Hall–Kier alpha value is -11.1. The average molecular weight is 1570 g/mol. The average Bonchev–Trinajstić information content (AvgIpc) is 1.67. The summed E-state index contributed by atoms with van der Waals surface area (Å²) in [6.07, 6.45) is 18.0. The number of hydrogen-bond acceptors (Lipinski definition) is 24. The van der Waals surface area contributed by atoms with E-state index in [2.05, 4.69) is 62.1 Å². The molecule has 14 rings (SSSR count). The highest BCUT2D eigenvalue weighted by Crippen LogP contribution is 2.36. The summed E-state index contributed by atoms with van der Waals surface area (Å²) in [4.78, 5) is 74.2. The molecule has 113 heavy (non-hydrogen) atoms. The number of halogens is 3. The van der Waals surface area contributed by atoms with Crippen LogP contribution in [0.5, 0.6) is 17.2 Å². The molecule has 4 fully saturated rings. The number of esters is 2. The number of nitrogens with two attached hydrogens (primary N) is 1. The zero-order valence-corrected chi connectivity index (χ0v) is 65.7. The molecule has 2 bridgehead atoms.